The maximum atomic E-state index is 13.2. The number of alkyl halides is 3. The maximum Gasteiger partial charge on any atom is 0.416 e. The second kappa shape index (κ2) is 9.01. The Morgan fingerprint density at radius 1 is 1.07 bits per heavy atom. The van der Waals surface area contributed by atoms with Crippen LogP contribution >= 0.6 is 12.2 Å². The van der Waals surface area contributed by atoms with Gasteiger partial charge in [-0.1, -0.05) is 17.2 Å². The number of amides is 1. The molecule has 0 unspecified atom stereocenters. The number of nitrogens with zero attached hydrogens (tertiary/aromatic N) is 1. The van der Waals surface area contributed by atoms with Crippen LogP contribution in [-0.2, 0) is 10.9 Å². The monoisotopic (exact) mass is 437 g/mol. The molecule has 0 spiro atoms. The van der Waals surface area contributed by atoms with E-state index in [0.29, 0.717) is 37.6 Å². The van der Waals surface area contributed by atoms with Crippen LogP contribution in [0.3, 0.4) is 0 Å². The van der Waals surface area contributed by atoms with E-state index in [4.69, 9.17) is 17.0 Å². The molecule has 0 aliphatic carbocycles. The predicted molar refractivity (Wildman–Crippen MR) is 114 cm³/mol. The third kappa shape index (κ3) is 5.48. The fraction of sp³-hybridized carbons (Fsp3) is 0.333. The third-order valence-corrected chi connectivity index (χ3v) is 4.84. The van der Waals surface area contributed by atoms with Crippen LogP contribution in [0.25, 0.3) is 0 Å². The van der Waals surface area contributed by atoms with Crippen molar-refractivity contribution in [1.29, 1.82) is 0 Å². The zero-order valence-corrected chi connectivity index (χ0v) is 17.4. The van der Waals surface area contributed by atoms with E-state index in [0.717, 1.165) is 23.3 Å². The molecular formula is C21H22F3N3O2S. The van der Waals surface area contributed by atoms with Gasteiger partial charge in [-0.3, -0.25) is 10.1 Å². The summed E-state index contributed by atoms with van der Waals surface area (Å²) in [6.07, 6.45) is -4.50. The van der Waals surface area contributed by atoms with Crippen LogP contribution in [0.2, 0.25) is 0 Å². The van der Waals surface area contributed by atoms with Gasteiger partial charge in [-0.25, -0.2) is 0 Å². The van der Waals surface area contributed by atoms with E-state index in [9.17, 15) is 18.0 Å². The first-order chi connectivity index (χ1) is 14.1. The van der Waals surface area contributed by atoms with Crippen molar-refractivity contribution >= 4 is 34.6 Å². The van der Waals surface area contributed by atoms with E-state index >= 15 is 0 Å². The van der Waals surface area contributed by atoms with Crippen LogP contribution in [-0.4, -0.2) is 37.3 Å². The molecule has 9 heteroatoms. The minimum Gasteiger partial charge on any atom is -0.378 e. The third-order valence-electron chi connectivity index (χ3n) is 4.63. The van der Waals surface area contributed by atoms with Gasteiger partial charge in [0, 0.05) is 18.7 Å². The van der Waals surface area contributed by atoms with Crippen molar-refractivity contribution in [3.05, 3.63) is 58.7 Å². The summed E-state index contributed by atoms with van der Waals surface area (Å²) in [6, 6.07) is 8.81. The van der Waals surface area contributed by atoms with E-state index in [-0.39, 0.29) is 10.8 Å². The molecule has 1 aliphatic heterocycles. The molecular weight excluding hydrogens is 415 g/mol. The average molecular weight is 437 g/mol. The lowest BCUT2D eigenvalue weighted by molar-refractivity contribution is -0.137. The predicted octanol–water partition coefficient (Wildman–Crippen LogP) is 4.29. The van der Waals surface area contributed by atoms with Crippen molar-refractivity contribution in [2.24, 2.45) is 0 Å². The Labute approximate surface area is 178 Å². The molecule has 0 atom stereocenters. The number of aryl methyl sites for hydroxylation is 2. The topological polar surface area (TPSA) is 53.6 Å². The van der Waals surface area contributed by atoms with Crippen LogP contribution in [0.15, 0.2) is 36.4 Å². The molecule has 3 rings (SSSR count). The zero-order valence-electron chi connectivity index (χ0n) is 16.6. The van der Waals surface area contributed by atoms with Gasteiger partial charge in [0.2, 0.25) is 0 Å². The highest BCUT2D eigenvalue weighted by Crippen LogP contribution is 2.35. The Balaban J connectivity index is 1.82. The molecule has 5 nitrogen and oxygen atoms in total. The molecule has 0 saturated carbocycles. The van der Waals surface area contributed by atoms with Crippen molar-refractivity contribution in [3.63, 3.8) is 0 Å². The van der Waals surface area contributed by atoms with Crippen LogP contribution in [0, 0.1) is 13.8 Å². The maximum absolute atomic E-state index is 13.2. The first-order valence-electron chi connectivity index (χ1n) is 9.38. The van der Waals surface area contributed by atoms with Gasteiger partial charge in [0.25, 0.3) is 5.91 Å². The Hall–Kier alpha value is -2.65. The minimum absolute atomic E-state index is 0.0759. The fourth-order valence-electron chi connectivity index (χ4n) is 3.33. The van der Waals surface area contributed by atoms with E-state index in [1.54, 1.807) is 12.1 Å². The average Bonchev–Trinajstić information content (AvgIpc) is 2.67. The number of nitrogens with one attached hydrogen (secondary N) is 2. The number of thiocarbonyl (C=S) groups is 1. The summed E-state index contributed by atoms with van der Waals surface area (Å²) in [7, 11) is 0. The summed E-state index contributed by atoms with van der Waals surface area (Å²) in [4.78, 5) is 14.4. The van der Waals surface area contributed by atoms with Gasteiger partial charge in [0.1, 0.15) is 0 Å². The van der Waals surface area contributed by atoms with Gasteiger partial charge in [-0.05, 0) is 56.4 Å². The largest absolute Gasteiger partial charge is 0.416 e. The number of hydrogen-bond donors (Lipinski definition) is 2. The quantitative estimate of drug-likeness (QED) is 0.702. The van der Waals surface area contributed by atoms with E-state index in [1.807, 2.05) is 24.8 Å². The first kappa shape index (κ1) is 22.0. The first-order valence-corrected chi connectivity index (χ1v) is 9.79. The lowest BCUT2D eigenvalue weighted by Gasteiger charge is -2.31. The normalized spacial score (nSPS) is 14.4. The molecule has 2 aromatic rings. The number of morpholine rings is 1. The second-order valence-electron chi connectivity index (χ2n) is 7.11. The molecule has 1 saturated heterocycles. The van der Waals surface area contributed by atoms with Crippen LogP contribution in [0.5, 0.6) is 0 Å². The fourth-order valence-corrected chi connectivity index (χ4v) is 3.53. The second-order valence-corrected chi connectivity index (χ2v) is 7.52. The lowest BCUT2D eigenvalue weighted by Crippen LogP contribution is -2.38. The Kier molecular flexibility index (Phi) is 6.62. The molecule has 160 valence electrons. The summed E-state index contributed by atoms with van der Waals surface area (Å²) in [5.74, 6) is -0.431. The van der Waals surface area contributed by atoms with Crippen molar-refractivity contribution in [2.45, 2.75) is 20.0 Å². The van der Waals surface area contributed by atoms with Gasteiger partial charge < -0.3 is 15.0 Å². The molecule has 0 radical (unpaired) electrons. The Morgan fingerprint density at radius 2 is 1.70 bits per heavy atom. The molecule has 1 aliphatic rings. The van der Waals surface area contributed by atoms with E-state index < -0.39 is 17.6 Å². The van der Waals surface area contributed by atoms with Gasteiger partial charge in [0.05, 0.1) is 30.2 Å². The highest BCUT2D eigenvalue weighted by atomic mass is 32.1. The molecule has 30 heavy (non-hydrogen) atoms. The molecule has 1 heterocycles. The van der Waals surface area contributed by atoms with Crippen molar-refractivity contribution in [1.82, 2.24) is 5.32 Å². The number of carbonyl (C=O) groups is 1. The summed E-state index contributed by atoms with van der Waals surface area (Å²) in [6.45, 7) is 5.79. The molecule has 0 aromatic heterocycles. The van der Waals surface area contributed by atoms with Crippen molar-refractivity contribution in [2.75, 3.05) is 36.5 Å². The molecule has 2 N–H and O–H groups in total. The van der Waals surface area contributed by atoms with Gasteiger partial charge in [0.15, 0.2) is 5.11 Å². The van der Waals surface area contributed by atoms with Crippen LogP contribution < -0.4 is 15.5 Å². The number of benzene rings is 2. The Bertz CT molecular complexity index is 937. The molecule has 2 aromatic carbocycles. The van der Waals surface area contributed by atoms with Crippen LogP contribution in [0.1, 0.15) is 27.0 Å². The van der Waals surface area contributed by atoms with Gasteiger partial charge in [-0.15, -0.1) is 0 Å². The summed E-state index contributed by atoms with van der Waals surface area (Å²) >= 11 is 5.21. The van der Waals surface area contributed by atoms with Crippen LogP contribution in [0.4, 0.5) is 24.5 Å². The van der Waals surface area contributed by atoms with Gasteiger partial charge >= 0.3 is 6.18 Å². The minimum atomic E-state index is -4.50. The SMILES string of the molecule is Cc1cc(C)cc(C(=O)NC(=S)Nc2cc(C(F)(F)F)ccc2N2CCOCC2)c1. The molecule has 0 bridgehead atoms. The number of ether oxygens (including phenoxy) is 1. The molecule has 1 amide bonds. The number of halogens is 3. The number of hydrogen-bond acceptors (Lipinski definition) is 4. The lowest BCUT2D eigenvalue weighted by atomic mass is 10.1. The zero-order chi connectivity index (χ0) is 21.9. The van der Waals surface area contributed by atoms with Gasteiger partial charge in [-0.2, -0.15) is 13.2 Å². The standard InChI is InChI=1S/C21H22F3N3O2S/c1-13-9-14(2)11-15(10-13)19(28)26-20(30)25-17-12-16(21(22,23)24)3-4-18(17)27-5-7-29-8-6-27/h3-4,9-12H,5-8H2,1-2H3,(H2,25,26,28,30). The van der Waals surface area contributed by atoms with E-state index in [1.165, 1.54) is 6.07 Å². The number of anilines is 2. The number of rotatable bonds is 3. The van der Waals surface area contributed by atoms with Crippen molar-refractivity contribution in [3.8, 4) is 0 Å². The van der Waals surface area contributed by atoms with E-state index in [2.05, 4.69) is 10.6 Å². The molecule has 1 fully saturated rings. The Morgan fingerprint density at radius 3 is 2.30 bits per heavy atom. The smallest absolute Gasteiger partial charge is 0.378 e. The number of carbonyl (C=O) groups excluding carboxylic acids is 1. The summed E-state index contributed by atoms with van der Waals surface area (Å²) in [5, 5.41) is 5.24. The summed E-state index contributed by atoms with van der Waals surface area (Å²) < 4.78 is 45.0. The highest BCUT2D eigenvalue weighted by Gasteiger charge is 2.31. The highest BCUT2D eigenvalue weighted by molar-refractivity contribution is 7.80. The van der Waals surface area contributed by atoms with Crippen molar-refractivity contribution < 1.29 is 22.7 Å². The summed E-state index contributed by atoms with van der Waals surface area (Å²) in [5.41, 5.74) is 2.21.